The van der Waals surface area contributed by atoms with E-state index < -0.39 is 18.1 Å². The number of hydrogen-bond donors (Lipinski definition) is 4. The zero-order valence-electron chi connectivity index (χ0n) is 11.3. The minimum atomic E-state index is -1.52. The normalized spacial score (nSPS) is 11.1. The fourth-order valence-corrected chi connectivity index (χ4v) is 1.48. The van der Waals surface area contributed by atoms with Crippen LogP contribution in [0.2, 0.25) is 0 Å². The molecular weight excluding hydrogens is 278 g/mol. The van der Waals surface area contributed by atoms with E-state index in [1.165, 1.54) is 25.3 Å². The maximum atomic E-state index is 11.6. The average Bonchev–Trinajstić information content (AvgIpc) is 2.47. The molecule has 4 N–H and O–H groups in total. The first-order valence-corrected chi connectivity index (χ1v) is 6.01. The summed E-state index contributed by atoms with van der Waals surface area (Å²) in [5.41, 5.74) is 0.759. The van der Waals surface area contributed by atoms with E-state index in [2.05, 4.69) is 10.6 Å². The second-order valence-corrected chi connectivity index (χ2v) is 4.05. The van der Waals surface area contributed by atoms with Crippen molar-refractivity contribution in [2.24, 2.45) is 0 Å². The lowest BCUT2D eigenvalue weighted by atomic mass is 10.2. The van der Waals surface area contributed by atoms with Gasteiger partial charge in [0.2, 0.25) is 0 Å². The zero-order valence-corrected chi connectivity index (χ0v) is 11.3. The number of benzene rings is 1. The van der Waals surface area contributed by atoms with E-state index in [1.807, 2.05) is 6.07 Å². The fourth-order valence-electron chi connectivity index (χ4n) is 1.48. The van der Waals surface area contributed by atoms with Crippen molar-refractivity contribution in [1.82, 2.24) is 5.32 Å². The predicted octanol–water partition coefficient (Wildman–Crippen LogP) is 0.524. The molecule has 0 fully saturated rings. The minimum absolute atomic E-state index is 0.00209. The number of hydrogen-bond acceptors (Lipinski definition) is 5. The van der Waals surface area contributed by atoms with Crippen LogP contribution in [0.3, 0.4) is 0 Å². The van der Waals surface area contributed by atoms with Gasteiger partial charge in [0.05, 0.1) is 24.4 Å². The van der Waals surface area contributed by atoms with Crippen molar-refractivity contribution < 1.29 is 24.5 Å². The fraction of sp³-hybridized carbons (Fsp3) is 0.308. The number of amides is 2. The van der Waals surface area contributed by atoms with E-state index in [-0.39, 0.29) is 13.0 Å². The van der Waals surface area contributed by atoms with Gasteiger partial charge in [0.25, 0.3) is 0 Å². The largest absolute Gasteiger partial charge is 0.495 e. The van der Waals surface area contributed by atoms with Gasteiger partial charge in [-0.3, -0.25) is 0 Å². The van der Waals surface area contributed by atoms with E-state index in [4.69, 9.17) is 20.2 Å². The molecule has 112 valence electrons. The van der Waals surface area contributed by atoms with Crippen molar-refractivity contribution in [1.29, 1.82) is 5.26 Å². The van der Waals surface area contributed by atoms with Crippen LogP contribution in [0.1, 0.15) is 12.0 Å². The first-order valence-electron chi connectivity index (χ1n) is 6.01. The van der Waals surface area contributed by atoms with Crippen LogP contribution < -0.4 is 15.4 Å². The van der Waals surface area contributed by atoms with Crippen molar-refractivity contribution in [3.63, 3.8) is 0 Å². The summed E-state index contributed by atoms with van der Waals surface area (Å²) >= 11 is 0. The summed E-state index contributed by atoms with van der Waals surface area (Å²) in [4.78, 5) is 22.0. The van der Waals surface area contributed by atoms with Gasteiger partial charge in [-0.25, -0.2) is 9.59 Å². The van der Waals surface area contributed by atoms with Crippen LogP contribution in [0.4, 0.5) is 10.5 Å². The van der Waals surface area contributed by atoms with Crippen molar-refractivity contribution >= 4 is 17.7 Å². The molecule has 1 rings (SSSR count). The highest BCUT2D eigenvalue weighted by molar-refractivity contribution is 5.91. The van der Waals surface area contributed by atoms with Crippen molar-refractivity contribution in [2.45, 2.75) is 12.5 Å². The number of rotatable bonds is 6. The molecular formula is C13H15N3O5. The summed E-state index contributed by atoms with van der Waals surface area (Å²) in [5, 5.41) is 31.2. The van der Waals surface area contributed by atoms with Crippen molar-refractivity contribution in [3.05, 3.63) is 23.8 Å². The third kappa shape index (κ3) is 5.00. The van der Waals surface area contributed by atoms with Gasteiger partial charge in [0, 0.05) is 19.0 Å². The number of carboxylic acids is 1. The number of anilines is 1. The topological polar surface area (TPSA) is 132 Å². The van der Waals surface area contributed by atoms with E-state index in [9.17, 15) is 9.59 Å². The zero-order chi connectivity index (χ0) is 15.8. The van der Waals surface area contributed by atoms with Crippen molar-refractivity contribution in [2.75, 3.05) is 19.0 Å². The molecule has 0 bridgehead atoms. The number of methoxy groups -OCH3 is 1. The molecule has 1 aromatic rings. The molecule has 0 aliphatic carbocycles. The minimum Gasteiger partial charge on any atom is -0.495 e. The standard InChI is InChI=1S/C13H15N3O5/c1-21-11-6-8(7-14)2-3-9(11)16-13(20)15-5-4-10(17)12(18)19/h2-3,6,10,17H,4-5H2,1H3,(H,18,19)(H2,15,16,20). The Morgan fingerprint density at radius 2 is 2.19 bits per heavy atom. The molecule has 0 aliphatic heterocycles. The Morgan fingerprint density at radius 1 is 1.48 bits per heavy atom. The van der Waals surface area contributed by atoms with Gasteiger partial charge in [-0.2, -0.15) is 5.26 Å². The van der Waals surface area contributed by atoms with E-state index in [0.29, 0.717) is 17.0 Å². The van der Waals surface area contributed by atoms with Crippen LogP contribution in [-0.2, 0) is 4.79 Å². The van der Waals surface area contributed by atoms with E-state index >= 15 is 0 Å². The average molecular weight is 293 g/mol. The molecule has 8 nitrogen and oxygen atoms in total. The number of carbonyl (C=O) groups is 2. The van der Waals surface area contributed by atoms with Gasteiger partial charge in [0.15, 0.2) is 6.10 Å². The Hall–Kier alpha value is -2.79. The second-order valence-electron chi connectivity index (χ2n) is 4.05. The molecule has 0 heterocycles. The van der Waals surface area contributed by atoms with Gasteiger partial charge < -0.3 is 25.6 Å². The highest BCUT2D eigenvalue weighted by Gasteiger charge is 2.13. The summed E-state index contributed by atoms with van der Waals surface area (Å²) in [7, 11) is 1.41. The van der Waals surface area contributed by atoms with Crippen LogP contribution in [0.5, 0.6) is 5.75 Å². The Balaban J connectivity index is 2.55. The quantitative estimate of drug-likeness (QED) is 0.604. The van der Waals surface area contributed by atoms with Gasteiger partial charge in [-0.05, 0) is 12.1 Å². The van der Waals surface area contributed by atoms with Crippen LogP contribution in [0.15, 0.2) is 18.2 Å². The number of aliphatic hydroxyl groups excluding tert-OH is 1. The summed E-state index contributed by atoms with van der Waals surface area (Å²) < 4.78 is 5.05. The molecule has 21 heavy (non-hydrogen) atoms. The van der Waals surface area contributed by atoms with E-state index in [0.717, 1.165) is 0 Å². The Bertz CT molecular complexity index is 567. The highest BCUT2D eigenvalue weighted by Crippen LogP contribution is 2.25. The molecule has 8 heteroatoms. The van der Waals surface area contributed by atoms with Gasteiger partial charge >= 0.3 is 12.0 Å². The third-order valence-electron chi connectivity index (χ3n) is 2.57. The summed E-state index contributed by atoms with van der Waals surface area (Å²) in [5.74, 6) is -1.01. The molecule has 1 unspecified atom stereocenters. The first-order chi connectivity index (χ1) is 9.97. The smallest absolute Gasteiger partial charge is 0.332 e. The number of urea groups is 1. The Morgan fingerprint density at radius 3 is 2.76 bits per heavy atom. The first kappa shape index (κ1) is 16.3. The van der Waals surface area contributed by atoms with Gasteiger partial charge in [0.1, 0.15) is 5.75 Å². The molecule has 2 amide bonds. The lowest BCUT2D eigenvalue weighted by molar-refractivity contribution is -0.146. The highest BCUT2D eigenvalue weighted by atomic mass is 16.5. The molecule has 0 saturated heterocycles. The molecule has 1 atom stereocenters. The molecule has 0 aliphatic rings. The molecule has 0 aromatic heterocycles. The molecule has 1 aromatic carbocycles. The van der Waals surface area contributed by atoms with Crippen molar-refractivity contribution in [3.8, 4) is 11.8 Å². The lowest BCUT2D eigenvalue weighted by Gasteiger charge is -2.12. The van der Waals surface area contributed by atoms with Crippen LogP contribution >= 0.6 is 0 Å². The summed E-state index contributed by atoms with van der Waals surface area (Å²) in [6.07, 6.45) is -1.62. The van der Waals surface area contributed by atoms with Gasteiger partial charge in [-0.15, -0.1) is 0 Å². The molecule has 0 spiro atoms. The Labute approximate surface area is 121 Å². The number of nitrogens with zero attached hydrogens (tertiary/aromatic N) is 1. The van der Waals surface area contributed by atoms with Crippen LogP contribution in [-0.4, -0.2) is 42.0 Å². The number of aliphatic hydroxyl groups is 1. The number of nitriles is 1. The summed E-state index contributed by atoms with van der Waals surface area (Å²) in [6.45, 7) is -0.00209. The second kappa shape index (κ2) is 7.72. The number of carboxylic acid groups (broad SMARTS) is 1. The molecule has 0 radical (unpaired) electrons. The number of aliphatic carboxylic acids is 1. The number of carbonyl (C=O) groups excluding carboxylic acids is 1. The lowest BCUT2D eigenvalue weighted by Crippen LogP contribution is -2.33. The van der Waals surface area contributed by atoms with Gasteiger partial charge in [-0.1, -0.05) is 0 Å². The predicted molar refractivity (Wildman–Crippen MR) is 73.0 cm³/mol. The summed E-state index contributed by atoms with van der Waals surface area (Å²) in [6, 6.07) is 5.89. The maximum Gasteiger partial charge on any atom is 0.332 e. The third-order valence-corrected chi connectivity index (χ3v) is 2.57. The molecule has 0 saturated carbocycles. The monoisotopic (exact) mass is 293 g/mol. The Kier molecular flexibility index (Phi) is 5.98. The van der Waals surface area contributed by atoms with Crippen LogP contribution in [0.25, 0.3) is 0 Å². The SMILES string of the molecule is COc1cc(C#N)ccc1NC(=O)NCCC(O)C(=O)O. The number of nitrogens with one attached hydrogen (secondary N) is 2. The van der Waals surface area contributed by atoms with Crippen LogP contribution in [0, 0.1) is 11.3 Å². The maximum absolute atomic E-state index is 11.6. The number of ether oxygens (including phenoxy) is 1. The van der Waals surface area contributed by atoms with E-state index in [1.54, 1.807) is 0 Å².